The normalized spacial score (nSPS) is 9.19. The summed E-state index contributed by atoms with van der Waals surface area (Å²) in [6.45, 7) is 2.08. The molecule has 0 unspecified atom stereocenters. The van der Waals surface area contributed by atoms with Crippen LogP contribution in [0.3, 0.4) is 0 Å². The highest BCUT2D eigenvalue weighted by atomic mass is 79.9. The van der Waals surface area contributed by atoms with Crippen LogP contribution in [0.2, 0.25) is 0 Å². The molecule has 0 heterocycles. The van der Waals surface area contributed by atoms with E-state index in [0.29, 0.717) is 0 Å². The highest BCUT2D eigenvalue weighted by Gasteiger charge is 1.88. The molecule has 2 aromatic rings. The number of aryl methyl sites for hydroxylation is 1. The predicted molar refractivity (Wildman–Crippen MR) is 78.0 cm³/mol. The summed E-state index contributed by atoms with van der Waals surface area (Å²) in [5, 5.41) is 0.923. The monoisotopic (exact) mass is 340 g/mol. The lowest BCUT2D eigenvalue weighted by molar-refractivity contribution is 1.42. The molecule has 0 N–H and O–H groups in total. The third-order valence-electron chi connectivity index (χ3n) is 1.98. The minimum absolute atomic E-state index is 0.923. The molecule has 0 aromatic heterocycles. The van der Waals surface area contributed by atoms with Gasteiger partial charge in [0.15, 0.2) is 0 Å². The van der Waals surface area contributed by atoms with E-state index in [1.165, 1.54) is 11.1 Å². The van der Waals surface area contributed by atoms with Gasteiger partial charge in [0.25, 0.3) is 0 Å². The molecular weight excluding hydrogens is 328 g/mol. The first kappa shape index (κ1) is 13.5. The summed E-state index contributed by atoms with van der Waals surface area (Å²) in [6, 6.07) is 18.5. The van der Waals surface area contributed by atoms with Gasteiger partial charge in [0.05, 0.1) is 0 Å². The van der Waals surface area contributed by atoms with E-state index in [2.05, 4.69) is 63.0 Å². The van der Waals surface area contributed by atoms with E-state index in [4.69, 9.17) is 0 Å². The van der Waals surface area contributed by atoms with Crippen molar-refractivity contribution in [2.75, 3.05) is 0 Å². The van der Waals surface area contributed by atoms with Crippen LogP contribution in [0.25, 0.3) is 0 Å². The average Bonchev–Trinajstić information content (AvgIpc) is 2.31. The molecule has 0 aliphatic carbocycles. The zero-order valence-electron chi connectivity index (χ0n) is 9.16. The lowest BCUT2D eigenvalue weighted by atomic mass is 10.2. The van der Waals surface area contributed by atoms with Crippen LogP contribution in [0.5, 0.6) is 0 Å². The molecule has 0 spiro atoms. The van der Waals surface area contributed by atoms with Crippen molar-refractivity contribution in [1.82, 2.24) is 0 Å². The Morgan fingerprint density at radius 2 is 1.62 bits per heavy atom. The van der Waals surface area contributed by atoms with Crippen molar-refractivity contribution in [2.24, 2.45) is 0 Å². The van der Waals surface area contributed by atoms with E-state index in [1.807, 2.05) is 30.3 Å². The maximum absolute atomic E-state index is 3.38. The van der Waals surface area contributed by atoms with Crippen LogP contribution in [0.15, 0.2) is 59.1 Å². The highest BCUT2D eigenvalue weighted by molar-refractivity contribution is 9.10. The number of benzene rings is 2. The summed E-state index contributed by atoms with van der Waals surface area (Å²) in [7, 11) is 0. The van der Waals surface area contributed by atoms with Crippen LogP contribution in [-0.4, -0.2) is 0 Å². The topological polar surface area (TPSA) is 0 Å². The van der Waals surface area contributed by atoms with Gasteiger partial charge in [-0.3, -0.25) is 0 Å². The fraction of sp³-hybridized carbons (Fsp3) is 0.143. The molecule has 0 aliphatic heterocycles. The first-order valence-corrected chi connectivity index (χ1v) is 6.96. The van der Waals surface area contributed by atoms with Crippen molar-refractivity contribution >= 4 is 31.9 Å². The van der Waals surface area contributed by atoms with Crippen LogP contribution in [0.4, 0.5) is 0 Å². The number of hydrogen-bond acceptors (Lipinski definition) is 0. The second-order valence-electron chi connectivity index (χ2n) is 3.42. The Balaban J connectivity index is 0.000000165. The Bertz CT molecular complexity index is 410. The third kappa shape index (κ3) is 5.47. The van der Waals surface area contributed by atoms with Gasteiger partial charge in [0.1, 0.15) is 0 Å². The van der Waals surface area contributed by atoms with E-state index in [0.717, 1.165) is 9.80 Å². The molecule has 0 amide bonds. The minimum Gasteiger partial charge on any atom is -0.0876 e. The minimum atomic E-state index is 0.923. The highest BCUT2D eigenvalue weighted by Crippen LogP contribution is 2.13. The zero-order valence-corrected chi connectivity index (χ0v) is 12.3. The molecule has 0 fully saturated rings. The first-order valence-electron chi connectivity index (χ1n) is 5.04. The van der Waals surface area contributed by atoms with Crippen molar-refractivity contribution in [2.45, 2.75) is 12.3 Å². The smallest absolute Gasteiger partial charge is 0.0283 e. The summed E-state index contributed by atoms with van der Waals surface area (Å²) in [4.78, 5) is 0. The van der Waals surface area contributed by atoms with E-state index >= 15 is 0 Å². The SMILES string of the molecule is BrCc1cccc(Br)c1.Cc1ccccc1. The molecule has 16 heavy (non-hydrogen) atoms. The van der Waals surface area contributed by atoms with Crippen LogP contribution in [0, 0.1) is 6.92 Å². The van der Waals surface area contributed by atoms with Gasteiger partial charge >= 0.3 is 0 Å². The van der Waals surface area contributed by atoms with E-state index in [-0.39, 0.29) is 0 Å². The van der Waals surface area contributed by atoms with Gasteiger partial charge in [0, 0.05) is 9.80 Å². The molecule has 0 radical (unpaired) electrons. The molecule has 0 saturated heterocycles. The van der Waals surface area contributed by atoms with Gasteiger partial charge in [-0.15, -0.1) is 0 Å². The van der Waals surface area contributed by atoms with Crippen LogP contribution in [0.1, 0.15) is 11.1 Å². The largest absolute Gasteiger partial charge is 0.0876 e. The van der Waals surface area contributed by atoms with Crippen molar-refractivity contribution in [3.63, 3.8) is 0 Å². The molecule has 0 saturated carbocycles. The molecule has 0 atom stereocenters. The van der Waals surface area contributed by atoms with Gasteiger partial charge < -0.3 is 0 Å². The summed E-state index contributed by atoms with van der Waals surface area (Å²) in [6.07, 6.45) is 0. The van der Waals surface area contributed by atoms with Crippen molar-refractivity contribution in [1.29, 1.82) is 0 Å². The standard InChI is InChI=1S/C7H6Br2.C7H8/c8-5-6-2-1-3-7(9)4-6;1-7-5-3-2-4-6-7/h1-4H,5H2;2-6H,1H3. The Hall–Kier alpha value is -0.600. The van der Waals surface area contributed by atoms with Crippen LogP contribution < -0.4 is 0 Å². The summed E-state index contributed by atoms with van der Waals surface area (Å²) in [5.74, 6) is 0. The molecule has 2 heteroatoms. The van der Waals surface area contributed by atoms with Gasteiger partial charge in [-0.1, -0.05) is 79.9 Å². The van der Waals surface area contributed by atoms with Crippen molar-refractivity contribution in [3.8, 4) is 0 Å². The Kier molecular flexibility index (Phi) is 6.43. The summed E-state index contributed by atoms with van der Waals surface area (Å²) >= 11 is 6.75. The van der Waals surface area contributed by atoms with Gasteiger partial charge in [-0.05, 0) is 24.6 Å². The molecule has 0 nitrogen and oxygen atoms in total. The quantitative estimate of drug-likeness (QED) is 0.614. The lowest BCUT2D eigenvalue weighted by Gasteiger charge is -1.93. The number of alkyl halides is 1. The maximum atomic E-state index is 3.38. The first-order chi connectivity index (χ1) is 7.72. The van der Waals surface area contributed by atoms with Gasteiger partial charge in [-0.2, -0.15) is 0 Å². The van der Waals surface area contributed by atoms with E-state index < -0.39 is 0 Å². The fourth-order valence-electron chi connectivity index (χ4n) is 1.15. The zero-order chi connectivity index (χ0) is 11.8. The predicted octanol–water partition coefficient (Wildman–Crippen LogP) is 5.34. The van der Waals surface area contributed by atoms with E-state index in [1.54, 1.807) is 0 Å². The van der Waals surface area contributed by atoms with Gasteiger partial charge in [0.2, 0.25) is 0 Å². The van der Waals surface area contributed by atoms with Gasteiger partial charge in [-0.25, -0.2) is 0 Å². The molecule has 0 bridgehead atoms. The van der Waals surface area contributed by atoms with Crippen molar-refractivity contribution < 1.29 is 0 Å². The molecular formula is C14H14Br2. The Labute approximate surface area is 114 Å². The maximum Gasteiger partial charge on any atom is 0.0283 e. The molecule has 2 rings (SSSR count). The Morgan fingerprint density at radius 3 is 2.00 bits per heavy atom. The average molecular weight is 342 g/mol. The molecule has 0 aliphatic rings. The number of rotatable bonds is 1. The second-order valence-corrected chi connectivity index (χ2v) is 4.89. The number of hydrogen-bond donors (Lipinski definition) is 0. The summed E-state index contributed by atoms with van der Waals surface area (Å²) in [5.41, 5.74) is 2.62. The van der Waals surface area contributed by atoms with E-state index in [9.17, 15) is 0 Å². The molecule has 84 valence electrons. The second kappa shape index (κ2) is 7.64. The van der Waals surface area contributed by atoms with Crippen LogP contribution in [-0.2, 0) is 5.33 Å². The fourth-order valence-corrected chi connectivity index (χ4v) is 1.95. The van der Waals surface area contributed by atoms with Crippen LogP contribution >= 0.6 is 31.9 Å². The van der Waals surface area contributed by atoms with Crippen molar-refractivity contribution in [3.05, 3.63) is 70.2 Å². The third-order valence-corrected chi connectivity index (χ3v) is 3.12. The Morgan fingerprint density at radius 1 is 0.938 bits per heavy atom. The molecule has 2 aromatic carbocycles. The number of halogens is 2. The lowest BCUT2D eigenvalue weighted by Crippen LogP contribution is -1.73. The summed E-state index contributed by atoms with van der Waals surface area (Å²) < 4.78 is 1.14.